The minimum Gasteiger partial charge on any atom is -0.478 e. The summed E-state index contributed by atoms with van der Waals surface area (Å²) in [4.78, 5) is 16.0. The van der Waals surface area contributed by atoms with Crippen LogP contribution in [0.15, 0.2) is 66.1 Å². The number of carbonyl (C=O) groups is 1. The summed E-state index contributed by atoms with van der Waals surface area (Å²) in [5.74, 6) is -0.938. The molecule has 1 atom stereocenters. The van der Waals surface area contributed by atoms with Crippen molar-refractivity contribution >= 4 is 53.3 Å². The van der Waals surface area contributed by atoms with Crippen molar-refractivity contribution < 1.29 is 9.90 Å². The number of nitrogens with zero attached hydrogens (tertiary/aromatic N) is 2. The Morgan fingerprint density at radius 2 is 1.92 bits per heavy atom. The van der Waals surface area contributed by atoms with Gasteiger partial charge in [0.1, 0.15) is 0 Å². The summed E-state index contributed by atoms with van der Waals surface area (Å²) in [6.45, 7) is 0.673. The van der Waals surface area contributed by atoms with E-state index in [0.29, 0.717) is 16.6 Å². The maximum Gasteiger partial charge on any atom is 0.335 e. The first-order valence-corrected chi connectivity index (χ1v) is 9.07. The molecule has 2 aromatic carbocycles. The molecule has 136 valence electrons. The van der Waals surface area contributed by atoms with E-state index in [1.807, 2.05) is 22.9 Å². The first kappa shape index (κ1) is 20.6. The van der Waals surface area contributed by atoms with Crippen molar-refractivity contribution in [2.24, 2.45) is 0 Å². The van der Waals surface area contributed by atoms with Gasteiger partial charge in [-0.25, -0.2) is 9.78 Å². The summed E-state index contributed by atoms with van der Waals surface area (Å²) in [7, 11) is 0. The Balaban J connectivity index is 0.00000243. The molecule has 4 nitrogen and oxygen atoms in total. The van der Waals surface area contributed by atoms with Crippen LogP contribution in [0.3, 0.4) is 0 Å². The van der Waals surface area contributed by atoms with Crippen molar-refractivity contribution in [1.29, 1.82) is 0 Å². The third-order valence-electron chi connectivity index (χ3n) is 3.62. The molecule has 0 aliphatic rings. The van der Waals surface area contributed by atoms with Crippen LogP contribution in [0.1, 0.15) is 21.2 Å². The lowest BCUT2D eigenvalue weighted by Crippen LogP contribution is -2.05. The van der Waals surface area contributed by atoms with E-state index in [-0.39, 0.29) is 23.2 Å². The summed E-state index contributed by atoms with van der Waals surface area (Å²) in [5.41, 5.74) is 1.23. The highest BCUT2D eigenvalue weighted by molar-refractivity contribution is 7.99. The minimum atomic E-state index is -0.938. The lowest BCUT2D eigenvalue weighted by Gasteiger charge is -2.19. The van der Waals surface area contributed by atoms with Crippen LogP contribution in [-0.4, -0.2) is 20.6 Å². The zero-order valence-corrected chi connectivity index (χ0v) is 16.5. The molecule has 1 aromatic heterocycles. The van der Waals surface area contributed by atoms with E-state index in [0.717, 1.165) is 10.5 Å². The van der Waals surface area contributed by atoms with Gasteiger partial charge in [0.2, 0.25) is 0 Å². The Hall–Kier alpha value is -1.66. The molecule has 0 spiro atoms. The minimum absolute atomic E-state index is 0. The van der Waals surface area contributed by atoms with Gasteiger partial charge < -0.3 is 9.67 Å². The highest BCUT2D eigenvalue weighted by Crippen LogP contribution is 2.40. The Morgan fingerprint density at radius 1 is 1.19 bits per heavy atom. The fourth-order valence-corrected chi connectivity index (χ4v) is 4.19. The first-order chi connectivity index (χ1) is 12.0. The van der Waals surface area contributed by atoms with Crippen molar-refractivity contribution in [3.05, 3.63) is 82.4 Å². The third-order valence-corrected chi connectivity index (χ3v) is 5.42. The predicted molar refractivity (Wildman–Crippen MR) is 108 cm³/mol. The van der Waals surface area contributed by atoms with Gasteiger partial charge in [0, 0.05) is 33.9 Å². The Bertz CT molecular complexity index is 871. The molecule has 0 aliphatic heterocycles. The van der Waals surface area contributed by atoms with Crippen LogP contribution >= 0.6 is 47.4 Å². The molecule has 3 rings (SSSR count). The molecule has 1 unspecified atom stereocenters. The number of carboxylic acid groups (broad SMARTS) is 1. The molecular weight excluding hydrogens is 415 g/mol. The molecule has 0 saturated heterocycles. The van der Waals surface area contributed by atoms with Crippen molar-refractivity contribution in [3.8, 4) is 0 Å². The molecular formula is C18H15Cl3N2O2S. The number of carboxylic acids is 1. The normalized spacial score (nSPS) is 11.6. The Labute approximate surface area is 171 Å². The first-order valence-electron chi connectivity index (χ1n) is 7.43. The summed E-state index contributed by atoms with van der Waals surface area (Å²) >= 11 is 14.0. The van der Waals surface area contributed by atoms with Gasteiger partial charge in [0.15, 0.2) is 0 Å². The number of hydrogen-bond donors (Lipinski definition) is 1. The summed E-state index contributed by atoms with van der Waals surface area (Å²) < 4.78 is 1.98. The molecule has 0 saturated carbocycles. The SMILES string of the molecule is Cl.O=C(O)c1ccc(SC(Cn2ccnc2)c2ccc(Cl)cc2Cl)cc1. The monoisotopic (exact) mass is 428 g/mol. The molecule has 1 heterocycles. The average molecular weight is 430 g/mol. The summed E-state index contributed by atoms with van der Waals surface area (Å²) in [6, 6.07) is 12.3. The fraction of sp³-hybridized carbons (Fsp3) is 0.111. The van der Waals surface area contributed by atoms with E-state index in [9.17, 15) is 4.79 Å². The maximum absolute atomic E-state index is 11.0. The number of aromatic nitrogens is 2. The molecule has 3 aromatic rings. The lowest BCUT2D eigenvalue weighted by molar-refractivity contribution is 0.0697. The number of hydrogen-bond acceptors (Lipinski definition) is 3. The summed E-state index contributed by atoms with van der Waals surface area (Å²) in [6.07, 6.45) is 5.38. The number of halogens is 3. The zero-order valence-electron chi connectivity index (χ0n) is 13.4. The second-order valence-electron chi connectivity index (χ2n) is 5.36. The van der Waals surface area contributed by atoms with Crippen LogP contribution in [-0.2, 0) is 6.54 Å². The largest absolute Gasteiger partial charge is 0.478 e. The van der Waals surface area contributed by atoms with Crippen molar-refractivity contribution in [2.45, 2.75) is 16.7 Å². The standard InChI is InChI=1S/C18H14Cl2N2O2S.ClH/c19-13-3-6-15(16(20)9-13)17(10-22-8-7-21-11-22)25-14-4-1-12(2-5-14)18(23)24;/h1-9,11,17H,10H2,(H,23,24);1H. The number of benzene rings is 2. The third kappa shape index (κ3) is 5.17. The van der Waals surface area contributed by atoms with E-state index < -0.39 is 5.97 Å². The molecule has 1 N–H and O–H groups in total. The maximum atomic E-state index is 11.0. The van der Waals surface area contributed by atoms with Gasteiger partial charge in [-0.3, -0.25) is 0 Å². The number of aromatic carboxylic acids is 1. The van der Waals surface area contributed by atoms with Crippen molar-refractivity contribution in [2.75, 3.05) is 0 Å². The molecule has 0 amide bonds. The Morgan fingerprint density at radius 3 is 2.50 bits per heavy atom. The molecule has 0 fully saturated rings. The van der Waals surface area contributed by atoms with Gasteiger partial charge in [0.05, 0.1) is 17.1 Å². The molecule has 26 heavy (non-hydrogen) atoms. The average Bonchev–Trinajstić information content (AvgIpc) is 3.08. The van der Waals surface area contributed by atoms with E-state index in [2.05, 4.69) is 4.98 Å². The van der Waals surface area contributed by atoms with Crippen molar-refractivity contribution in [3.63, 3.8) is 0 Å². The van der Waals surface area contributed by atoms with E-state index in [1.54, 1.807) is 54.6 Å². The van der Waals surface area contributed by atoms with Gasteiger partial charge in [-0.1, -0.05) is 29.3 Å². The highest BCUT2D eigenvalue weighted by atomic mass is 35.5. The summed E-state index contributed by atoms with van der Waals surface area (Å²) in [5, 5.41) is 10.2. The fourth-order valence-electron chi connectivity index (χ4n) is 2.39. The van der Waals surface area contributed by atoms with E-state index in [1.165, 1.54) is 0 Å². The van der Waals surface area contributed by atoms with Gasteiger partial charge in [-0.2, -0.15) is 0 Å². The molecule has 8 heteroatoms. The number of thioether (sulfide) groups is 1. The lowest BCUT2D eigenvalue weighted by atomic mass is 10.1. The van der Waals surface area contributed by atoms with Crippen LogP contribution in [0.25, 0.3) is 0 Å². The van der Waals surface area contributed by atoms with Gasteiger partial charge in [-0.15, -0.1) is 24.2 Å². The molecule has 0 aliphatic carbocycles. The quantitative estimate of drug-likeness (QED) is 0.500. The van der Waals surface area contributed by atoms with Gasteiger partial charge in [-0.05, 0) is 42.0 Å². The van der Waals surface area contributed by atoms with Crippen molar-refractivity contribution in [1.82, 2.24) is 9.55 Å². The number of rotatable bonds is 6. The van der Waals surface area contributed by atoms with Crippen LogP contribution in [0.5, 0.6) is 0 Å². The van der Waals surface area contributed by atoms with E-state index >= 15 is 0 Å². The van der Waals surface area contributed by atoms with Gasteiger partial charge in [0.25, 0.3) is 0 Å². The Kier molecular flexibility index (Phi) is 7.41. The van der Waals surface area contributed by atoms with Crippen LogP contribution in [0, 0.1) is 0 Å². The van der Waals surface area contributed by atoms with Crippen LogP contribution in [0.4, 0.5) is 0 Å². The molecule has 0 radical (unpaired) electrons. The zero-order chi connectivity index (χ0) is 17.8. The van der Waals surface area contributed by atoms with Crippen LogP contribution in [0.2, 0.25) is 10.0 Å². The number of imidazole rings is 1. The second-order valence-corrected chi connectivity index (χ2v) is 7.48. The van der Waals surface area contributed by atoms with Crippen LogP contribution < -0.4 is 0 Å². The smallest absolute Gasteiger partial charge is 0.335 e. The van der Waals surface area contributed by atoms with E-state index in [4.69, 9.17) is 28.3 Å². The van der Waals surface area contributed by atoms with Gasteiger partial charge >= 0.3 is 5.97 Å². The predicted octanol–water partition coefficient (Wildman–Crippen LogP) is 5.84. The molecule has 0 bridgehead atoms. The second kappa shape index (κ2) is 9.33. The highest BCUT2D eigenvalue weighted by Gasteiger charge is 2.18. The topological polar surface area (TPSA) is 55.1 Å².